The predicted octanol–water partition coefficient (Wildman–Crippen LogP) is 4.23. The molecule has 92 valence electrons. The fraction of sp³-hybridized carbons (Fsp3) is 0.0667. The number of aryl methyl sites for hydroxylation is 1. The third kappa shape index (κ3) is 1.52. The van der Waals surface area contributed by atoms with Gasteiger partial charge in [0.05, 0.1) is 11.0 Å². The second-order valence-corrected chi connectivity index (χ2v) is 5.13. The maximum Gasteiger partial charge on any atom is 0.139 e. The van der Waals surface area contributed by atoms with Crippen LogP contribution in [0.15, 0.2) is 36.5 Å². The lowest BCUT2D eigenvalue weighted by atomic mass is 10.1. The Kier molecular flexibility index (Phi) is 2.09. The number of rotatable bonds is 0. The smallest absolute Gasteiger partial charge is 0.139 e. The molecule has 0 fully saturated rings. The van der Waals surface area contributed by atoms with Crippen molar-refractivity contribution in [1.82, 2.24) is 15.0 Å². The quantitative estimate of drug-likeness (QED) is 0.518. The summed E-state index contributed by atoms with van der Waals surface area (Å²) < 4.78 is 0. The molecule has 0 atom stereocenters. The van der Waals surface area contributed by atoms with Gasteiger partial charge in [0.2, 0.25) is 0 Å². The van der Waals surface area contributed by atoms with Gasteiger partial charge in [0, 0.05) is 33.1 Å². The molecule has 4 aromatic rings. The minimum absolute atomic E-state index is 0.720. The van der Waals surface area contributed by atoms with Crippen molar-refractivity contribution < 1.29 is 0 Å². The van der Waals surface area contributed by atoms with Gasteiger partial charge in [0.1, 0.15) is 5.65 Å². The van der Waals surface area contributed by atoms with Crippen molar-refractivity contribution in [2.75, 3.05) is 0 Å². The highest BCUT2D eigenvalue weighted by Crippen LogP contribution is 2.30. The molecule has 0 radical (unpaired) electrons. The Morgan fingerprint density at radius 2 is 1.95 bits per heavy atom. The lowest BCUT2D eigenvalue weighted by Crippen LogP contribution is -1.87. The van der Waals surface area contributed by atoms with Crippen LogP contribution in [-0.4, -0.2) is 15.0 Å². The van der Waals surface area contributed by atoms with Gasteiger partial charge >= 0.3 is 0 Å². The normalized spacial score (nSPS) is 11.7. The van der Waals surface area contributed by atoms with E-state index in [1.54, 1.807) is 0 Å². The van der Waals surface area contributed by atoms with Crippen molar-refractivity contribution in [3.05, 3.63) is 47.2 Å². The maximum absolute atomic E-state index is 6.06. The molecule has 0 bridgehead atoms. The molecule has 3 nitrogen and oxygen atoms in total. The molecule has 0 saturated carbocycles. The largest absolute Gasteiger partial charge is 0.344 e. The lowest BCUT2D eigenvalue weighted by molar-refractivity contribution is 1.21. The summed E-state index contributed by atoms with van der Waals surface area (Å²) in [5.74, 6) is 0. The van der Waals surface area contributed by atoms with Gasteiger partial charge in [-0.2, -0.15) is 0 Å². The second-order valence-electron chi connectivity index (χ2n) is 4.70. The number of halogens is 1. The third-order valence-electron chi connectivity index (χ3n) is 3.38. The van der Waals surface area contributed by atoms with E-state index in [2.05, 4.69) is 16.0 Å². The Morgan fingerprint density at radius 1 is 1.05 bits per heavy atom. The number of hydrogen-bond donors (Lipinski definition) is 1. The molecular formula is C15H10ClN3. The van der Waals surface area contributed by atoms with Crippen LogP contribution >= 0.6 is 11.6 Å². The Balaban J connectivity index is 2.25. The number of aromatic nitrogens is 3. The monoisotopic (exact) mass is 267 g/mol. The van der Waals surface area contributed by atoms with Crippen LogP contribution in [0.25, 0.3) is 32.8 Å². The lowest BCUT2D eigenvalue weighted by Gasteiger charge is -2.00. The van der Waals surface area contributed by atoms with Gasteiger partial charge in [-0.25, -0.2) is 9.97 Å². The van der Waals surface area contributed by atoms with Crippen molar-refractivity contribution in [2.45, 2.75) is 6.92 Å². The van der Waals surface area contributed by atoms with Crippen LogP contribution in [0.1, 0.15) is 5.69 Å². The number of nitrogens with one attached hydrogen (secondary N) is 1. The van der Waals surface area contributed by atoms with E-state index in [4.69, 9.17) is 16.6 Å². The zero-order valence-electron chi connectivity index (χ0n) is 10.2. The molecule has 3 heterocycles. The fourth-order valence-electron chi connectivity index (χ4n) is 2.47. The first kappa shape index (κ1) is 10.8. The highest BCUT2D eigenvalue weighted by Gasteiger charge is 2.10. The molecule has 4 rings (SSSR count). The summed E-state index contributed by atoms with van der Waals surface area (Å²) in [7, 11) is 0. The van der Waals surface area contributed by atoms with Crippen LogP contribution in [0.2, 0.25) is 5.02 Å². The summed E-state index contributed by atoms with van der Waals surface area (Å²) in [4.78, 5) is 12.4. The summed E-state index contributed by atoms with van der Waals surface area (Å²) in [6.45, 7) is 2.01. The number of fused-ring (bicyclic) bond motifs is 5. The molecule has 0 aliphatic carbocycles. The molecule has 0 unspecified atom stereocenters. The maximum atomic E-state index is 6.06. The molecular weight excluding hydrogens is 258 g/mol. The zero-order valence-corrected chi connectivity index (χ0v) is 11.0. The standard InChI is InChI=1S/C15H10ClN3/c1-8-2-4-10-14-12(7-17-15(10)18-8)11-6-9(16)3-5-13(11)19-14/h2-7H,1H3,(H,17,18). The number of H-pyrrole nitrogens is 1. The molecule has 0 saturated heterocycles. The SMILES string of the molecule is Cc1ccc2c(ncc3c4cc(Cl)ccc4nc23)[nH]1. The molecule has 1 N–H and O–H groups in total. The molecule has 3 aromatic heterocycles. The molecule has 19 heavy (non-hydrogen) atoms. The van der Waals surface area contributed by atoms with Crippen molar-refractivity contribution in [3.63, 3.8) is 0 Å². The average Bonchev–Trinajstić information content (AvgIpc) is 2.76. The minimum atomic E-state index is 0.720. The van der Waals surface area contributed by atoms with E-state index in [9.17, 15) is 0 Å². The first-order valence-corrected chi connectivity index (χ1v) is 6.43. The van der Waals surface area contributed by atoms with Crippen molar-refractivity contribution in [2.24, 2.45) is 0 Å². The first-order valence-electron chi connectivity index (χ1n) is 6.06. The Morgan fingerprint density at radius 3 is 2.84 bits per heavy atom. The summed E-state index contributed by atoms with van der Waals surface area (Å²) in [5.41, 5.74) is 3.87. The van der Waals surface area contributed by atoms with E-state index in [0.717, 1.165) is 43.6 Å². The van der Waals surface area contributed by atoms with Crippen molar-refractivity contribution in [1.29, 1.82) is 0 Å². The number of pyridine rings is 2. The zero-order chi connectivity index (χ0) is 13.0. The van der Waals surface area contributed by atoms with Crippen LogP contribution in [0, 0.1) is 6.92 Å². The number of benzene rings is 1. The average molecular weight is 268 g/mol. The highest BCUT2D eigenvalue weighted by atomic mass is 35.5. The first-order chi connectivity index (χ1) is 9.22. The van der Waals surface area contributed by atoms with Gasteiger partial charge in [-0.3, -0.25) is 0 Å². The number of aromatic amines is 1. The fourth-order valence-corrected chi connectivity index (χ4v) is 2.64. The topological polar surface area (TPSA) is 41.6 Å². The number of hydrogen-bond acceptors (Lipinski definition) is 2. The Labute approximate surface area is 114 Å². The van der Waals surface area contributed by atoms with E-state index in [1.165, 1.54) is 0 Å². The van der Waals surface area contributed by atoms with Gasteiger partial charge in [0.15, 0.2) is 0 Å². The van der Waals surface area contributed by atoms with Gasteiger partial charge in [-0.1, -0.05) is 11.6 Å². The molecule has 0 amide bonds. The van der Waals surface area contributed by atoms with Crippen molar-refractivity contribution >= 4 is 44.4 Å². The van der Waals surface area contributed by atoms with Crippen LogP contribution in [0.4, 0.5) is 0 Å². The van der Waals surface area contributed by atoms with E-state index in [0.29, 0.717) is 0 Å². The van der Waals surface area contributed by atoms with Crippen LogP contribution in [0.5, 0.6) is 0 Å². The molecule has 0 aliphatic rings. The minimum Gasteiger partial charge on any atom is -0.344 e. The van der Waals surface area contributed by atoms with Gasteiger partial charge in [-0.15, -0.1) is 0 Å². The van der Waals surface area contributed by atoms with E-state index in [-0.39, 0.29) is 0 Å². The molecule has 4 heteroatoms. The van der Waals surface area contributed by atoms with E-state index >= 15 is 0 Å². The molecule has 0 aliphatic heterocycles. The van der Waals surface area contributed by atoms with Gasteiger partial charge in [-0.05, 0) is 37.3 Å². The third-order valence-corrected chi connectivity index (χ3v) is 3.62. The molecule has 0 spiro atoms. The van der Waals surface area contributed by atoms with Crippen molar-refractivity contribution in [3.8, 4) is 0 Å². The Hall–Kier alpha value is -2.13. The van der Waals surface area contributed by atoms with Crippen LogP contribution < -0.4 is 0 Å². The van der Waals surface area contributed by atoms with Gasteiger partial charge in [0.25, 0.3) is 0 Å². The summed E-state index contributed by atoms with van der Waals surface area (Å²) in [6, 6.07) is 9.85. The van der Waals surface area contributed by atoms with Gasteiger partial charge < -0.3 is 4.98 Å². The Bertz CT molecular complexity index is 940. The molecule has 1 aromatic carbocycles. The predicted molar refractivity (Wildman–Crippen MR) is 78.6 cm³/mol. The van der Waals surface area contributed by atoms with E-state index < -0.39 is 0 Å². The summed E-state index contributed by atoms with van der Waals surface area (Å²) in [5, 5.41) is 3.85. The second kappa shape index (κ2) is 3.68. The van der Waals surface area contributed by atoms with Crippen LogP contribution in [-0.2, 0) is 0 Å². The highest BCUT2D eigenvalue weighted by molar-refractivity contribution is 6.32. The number of nitrogens with zero attached hydrogens (tertiary/aromatic N) is 2. The summed E-state index contributed by atoms with van der Waals surface area (Å²) >= 11 is 6.06. The van der Waals surface area contributed by atoms with E-state index in [1.807, 2.05) is 37.4 Å². The van der Waals surface area contributed by atoms with Crippen LogP contribution in [0.3, 0.4) is 0 Å². The summed E-state index contributed by atoms with van der Waals surface area (Å²) in [6.07, 6.45) is 1.86.